The molecule has 0 amide bonds. The molecule has 4 heterocycles. The van der Waals surface area contributed by atoms with Crippen LogP contribution in [0.5, 0.6) is 0 Å². The fraction of sp³-hybridized carbons (Fsp3) is 0. The number of nitrogens with zero attached hydrogens (tertiary/aromatic N) is 5. The van der Waals surface area contributed by atoms with E-state index in [2.05, 4.69) is 136 Å². The highest BCUT2D eigenvalue weighted by Gasteiger charge is 2.21. The van der Waals surface area contributed by atoms with Gasteiger partial charge in [0.2, 0.25) is 0 Å². The maximum absolute atomic E-state index is 5.06. The minimum Gasteiger partial charge on any atom is -0.309 e. The van der Waals surface area contributed by atoms with Crippen LogP contribution in [0, 0.1) is 0 Å². The Bertz CT molecular complexity index is 3410. The first kappa shape index (κ1) is 30.8. The van der Waals surface area contributed by atoms with E-state index in [-0.39, 0.29) is 0 Å². The lowest BCUT2D eigenvalue weighted by Gasteiger charge is -2.14. The van der Waals surface area contributed by atoms with Crippen LogP contribution >= 0.6 is 0 Å². The van der Waals surface area contributed by atoms with E-state index in [0.717, 1.165) is 33.4 Å². The van der Waals surface area contributed by atoms with E-state index in [4.69, 9.17) is 15.0 Å². The van der Waals surface area contributed by atoms with Crippen molar-refractivity contribution >= 4 is 59.9 Å². The summed E-state index contributed by atoms with van der Waals surface area (Å²) < 4.78 is 4.85. The maximum Gasteiger partial charge on any atom is 0.164 e. The van der Waals surface area contributed by atoms with Crippen molar-refractivity contribution < 1.29 is 0 Å². The summed E-state index contributed by atoms with van der Waals surface area (Å²) in [4.78, 5) is 15.0. The van der Waals surface area contributed by atoms with Crippen molar-refractivity contribution in [3.8, 4) is 51.0 Å². The molecule has 0 unspecified atom stereocenters. The van der Waals surface area contributed by atoms with Gasteiger partial charge in [-0.25, -0.2) is 15.0 Å². The zero-order chi connectivity index (χ0) is 36.7. The molecule has 0 aliphatic rings. The Morgan fingerprint density at radius 2 is 0.804 bits per heavy atom. The lowest BCUT2D eigenvalue weighted by molar-refractivity contribution is 1.07. The van der Waals surface area contributed by atoms with E-state index in [9.17, 15) is 0 Å². The summed E-state index contributed by atoms with van der Waals surface area (Å²) in [6.45, 7) is 0. The molecule has 0 spiro atoms. The van der Waals surface area contributed by atoms with Crippen LogP contribution < -0.4 is 0 Å². The van der Waals surface area contributed by atoms with Crippen LogP contribution in [0.3, 0.4) is 0 Å². The number of hydrogen-bond donors (Lipinski definition) is 0. The highest BCUT2D eigenvalue weighted by atomic mass is 15.0. The zero-order valence-electron chi connectivity index (χ0n) is 30.1. The van der Waals surface area contributed by atoms with E-state index < -0.39 is 0 Å². The van der Waals surface area contributed by atoms with Crippen LogP contribution in [-0.2, 0) is 0 Å². The van der Waals surface area contributed by atoms with Crippen molar-refractivity contribution in [2.24, 2.45) is 0 Å². The number of benzene rings is 8. The van der Waals surface area contributed by atoms with Crippen molar-refractivity contribution in [2.45, 2.75) is 0 Å². The molecule has 0 atom stereocenters. The Kier molecular flexibility index (Phi) is 6.56. The molecular formula is C51H31N5. The molecule has 0 radical (unpaired) electrons. The minimum absolute atomic E-state index is 0.629. The van der Waals surface area contributed by atoms with Crippen molar-refractivity contribution in [2.75, 3.05) is 0 Å². The number of aromatic nitrogens is 5. The molecule has 5 nitrogen and oxygen atoms in total. The first-order valence-electron chi connectivity index (χ1n) is 19.0. The molecule has 0 aliphatic heterocycles. The number of para-hydroxylation sites is 4. The Morgan fingerprint density at radius 1 is 0.304 bits per heavy atom. The topological polar surface area (TPSA) is 48.0 Å². The van der Waals surface area contributed by atoms with Gasteiger partial charge in [0.1, 0.15) is 0 Å². The molecule has 8 aromatic carbocycles. The monoisotopic (exact) mass is 713 g/mol. The van der Waals surface area contributed by atoms with Gasteiger partial charge < -0.3 is 8.97 Å². The van der Waals surface area contributed by atoms with Crippen LogP contribution in [0.1, 0.15) is 0 Å². The third kappa shape index (κ3) is 4.52. The molecule has 12 rings (SSSR count). The molecule has 0 N–H and O–H groups in total. The fourth-order valence-corrected chi connectivity index (χ4v) is 8.84. The molecular weight excluding hydrogens is 683 g/mol. The Morgan fingerprint density at radius 3 is 1.52 bits per heavy atom. The predicted octanol–water partition coefficient (Wildman–Crippen LogP) is 12.8. The van der Waals surface area contributed by atoms with Crippen LogP contribution in [0.15, 0.2) is 188 Å². The van der Waals surface area contributed by atoms with Gasteiger partial charge in [0.25, 0.3) is 0 Å². The SMILES string of the molecule is c1ccc(-c2nc(-c3ccccc3)nc(-c3cccc(-n4c5ccccc5c5cccc(-c6ccc7c(c6)c6cccc8c9ccccc9n7c86)c54)c3)n2)cc1. The van der Waals surface area contributed by atoms with Crippen LogP contribution in [0.25, 0.3) is 111 Å². The van der Waals surface area contributed by atoms with Crippen LogP contribution in [0.4, 0.5) is 0 Å². The average Bonchev–Trinajstić information content (AvgIpc) is 3.92. The normalized spacial score (nSPS) is 11.9. The third-order valence-electron chi connectivity index (χ3n) is 11.3. The third-order valence-corrected chi connectivity index (χ3v) is 11.3. The molecule has 0 aliphatic carbocycles. The lowest BCUT2D eigenvalue weighted by Crippen LogP contribution is -2.01. The van der Waals surface area contributed by atoms with Gasteiger partial charge >= 0.3 is 0 Å². The lowest BCUT2D eigenvalue weighted by atomic mass is 9.99. The molecule has 56 heavy (non-hydrogen) atoms. The molecule has 0 fully saturated rings. The largest absolute Gasteiger partial charge is 0.309 e. The van der Waals surface area contributed by atoms with E-state index in [1.165, 1.54) is 60.0 Å². The van der Waals surface area contributed by atoms with Crippen molar-refractivity contribution in [1.82, 2.24) is 23.9 Å². The molecule has 0 bridgehead atoms. The second-order valence-electron chi connectivity index (χ2n) is 14.4. The van der Waals surface area contributed by atoms with Crippen LogP contribution in [0.2, 0.25) is 0 Å². The minimum atomic E-state index is 0.629. The first-order chi connectivity index (χ1) is 27.8. The fourth-order valence-electron chi connectivity index (χ4n) is 8.84. The van der Waals surface area contributed by atoms with Crippen molar-refractivity contribution in [3.05, 3.63) is 188 Å². The summed E-state index contributed by atoms with van der Waals surface area (Å²) in [7, 11) is 0. The predicted molar refractivity (Wildman–Crippen MR) is 231 cm³/mol. The molecule has 0 saturated carbocycles. The number of rotatable bonds is 5. The van der Waals surface area contributed by atoms with E-state index in [1.807, 2.05) is 60.7 Å². The van der Waals surface area contributed by atoms with Gasteiger partial charge in [0.05, 0.1) is 27.6 Å². The molecule has 5 heteroatoms. The summed E-state index contributed by atoms with van der Waals surface area (Å²) >= 11 is 0. The average molecular weight is 714 g/mol. The first-order valence-corrected chi connectivity index (χ1v) is 19.0. The molecule has 0 saturated heterocycles. The van der Waals surface area contributed by atoms with Crippen molar-refractivity contribution in [3.63, 3.8) is 0 Å². The summed E-state index contributed by atoms with van der Waals surface area (Å²) in [6, 6.07) is 66.7. The zero-order valence-corrected chi connectivity index (χ0v) is 30.1. The summed E-state index contributed by atoms with van der Waals surface area (Å²) in [5.74, 6) is 1.92. The number of fused-ring (bicyclic) bond motifs is 9. The van der Waals surface area contributed by atoms with Gasteiger partial charge in [-0.15, -0.1) is 0 Å². The summed E-state index contributed by atoms with van der Waals surface area (Å²) in [5.41, 5.74) is 12.3. The maximum atomic E-state index is 5.06. The standard InChI is InChI=1S/C51H31N5/c1-3-14-32(15-4-1)49-52-50(33-16-5-2-6-17-33)54-51(53-49)35-18-11-19-36(30-35)55-44-26-9-7-20-38(44)40-23-12-22-37(47(40)55)34-28-29-46-43(31-34)42-25-13-24-41-39-21-8-10-27-45(39)56(46)48(41)42/h1-31H. The van der Waals surface area contributed by atoms with Gasteiger partial charge in [-0.1, -0.05) is 152 Å². The van der Waals surface area contributed by atoms with Gasteiger partial charge in [0.15, 0.2) is 17.5 Å². The summed E-state index contributed by atoms with van der Waals surface area (Å²) in [5, 5.41) is 7.54. The smallest absolute Gasteiger partial charge is 0.164 e. The Hall–Kier alpha value is -7.63. The summed E-state index contributed by atoms with van der Waals surface area (Å²) in [6.07, 6.45) is 0. The van der Waals surface area contributed by atoms with Crippen LogP contribution in [-0.4, -0.2) is 23.9 Å². The highest BCUT2D eigenvalue weighted by Crippen LogP contribution is 2.43. The molecule has 4 aromatic heterocycles. The van der Waals surface area contributed by atoms with E-state index >= 15 is 0 Å². The van der Waals surface area contributed by atoms with Gasteiger partial charge in [-0.2, -0.15) is 0 Å². The second-order valence-corrected chi connectivity index (χ2v) is 14.4. The quantitative estimate of drug-likeness (QED) is 0.178. The highest BCUT2D eigenvalue weighted by molar-refractivity contribution is 6.24. The molecule has 12 aromatic rings. The molecule has 260 valence electrons. The second kappa shape index (κ2) is 11.9. The van der Waals surface area contributed by atoms with E-state index in [1.54, 1.807) is 0 Å². The van der Waals surface area contributed by atoms with Gasteiger partial charge in [0, 0.05) is 60.3 Å². The Labute approximate surface area is 321 Å². The number of hydrogen-bond acceptors (Lipinski definition) is 3. The van der Waals surface area contributed by atoms with Gasteiger partial charge in [-0.05, 0) is 42.0 Å². The van der Waals surface area contributed by atoms with Gasteiger partial charge in [-0.3, -0.25) is 0 Å². The Balaban J connectivity index is 1.08. The van der Waals surface area contributed by atoms with E-state index in [0.29, 0.717) is 17.5 Å². The van der Waals surface area contributed by atoms with Crippen molar-refractivity contribution in [1.29, 1.82) is 0 Å².